The number of fused-ring (bicyclic) bond motifs is 1. The Morgan fingerprint density at radius 2 is 1.61 bits per heavy atom. The molecular formula is C16H13N3O3S. The SMILES string of the molecule is CC(=O)c1ccc(S(=O)(=O)Nc2ccc3nccnc3c2)cc1. The van der Waals surface area contributed by atoms with Gasteiger partial charge in [-0.25, -0.2) is 8.42 Å². The summed E-state index contributed by atoms with van der Waals surface area (Å²) in [5.74, 6) is -0.116. The topological polar surface area (TPSA) is 89.0 Å². The average molecular weight is 327 g/mol. The van der Waals surface area contributed by atoms with E-state index in [2.05, 4.69) is 14.7 Å². The molecule has 3 rings (SSSR count). The Balaban J connectivity index is 1.91. The summed E-state index contributed by atoms with van der Waals surface area (Å²) in [6, 6.07) is 10.7. The van der Waals surface area contributed by atoms with Crippen LogP contribution in [0.5, 0.6) is 0 Å². The van der Waals surface area contributed by atoms with Gasteiger partial charge in [-0.1, -0.05) is 12.1 Å². The molecule has 0 spiro atoms. The number of sulfonamides is 1. The molecule has 0 aliphatic carbocycles. The van der Waals surface area contributed by atoms with Crippen LogP contribution in [0.1, 0.15) is 17.3 Å². The largest absolute Gasteiger partial charge is 0.295 e. The van der Waals surface area contributed by atoms with Crippen LogP contribution in [0, 0.1) is 0 Å². The van der Waals surface area contributed by atoms with Gasteiger partial charge < -0.3 is 0 Å². The summed E-state index contributed by atoms with van der Waals surface area (Å²) < 4.78 is 27.3. The zero-order chi connectivity index (χ0) is 16.4. The fourth-order valence-corrected chi connectivity index (χ4v) is 3.16. The third-order valence-corrected chi connectivity index (χ3v) is 4.69. The number of Topliss-reactive ketones (excluding diaryl/α,β-unsaturated/α-hetero) is 1. The Hall–Kier alpha value is -2.80. The van der Waals surface area contributed by atoms with Crippen molar-refractivity contribution >= 4 is 32.5 Å². The molecule has 2 aromatic carbocycles. The number of hydrogen-bond acceptors (Lipinski definition) is 5. The van der Waals surface area contributed by atoms with Gasteiger partial charge in [0.2, 0.25) is 0 Å². The molecule has 3 aromatic rings. The highest BCUT2D eigenvalue weighted by Crippen LogP contribution is 2.19. The number of nitrogens with one attached hydrogen (secondary N) is 1. The molecule has 0 atom stereocenters. The Kier molecular flexibility index (Phi) is 3.79. The van der Waals surface area contributed by atoms with Gasteiger partial charge in [-0.05, 0) is 37.3 Å². The first-order valence-electron chi connectivity index (χ1n) is 6.80. The van der Waals surface area contributed by atoms with Gasteiger partial charge >= 0.3 is 0 Å². The minimum atomic E-state index is -3.73. The minimum Gasteiger partial charge on any atom is -0.295 e. The van der Waals surface area contributed by atoms with Gasteiger partial charge in [0.05, 0.1) is 21.6 Å². The molecule has 0 saturated carbocycles. The quantitative estimate of drug-likeness (QED) is 0.744. The van der Waals surface area contributed by atoms with Crippen LogP contribution in [0.2, 0.25) is 0 Å². The molecule has 0 aliphatic rings. The molecule has 0 radical (unpaired) electrons. The second-order valence-corrected chi connectivity index (χ2v) is 6.63. The summed E-state index contributed by atoms with van der Waals surface area (Å²) >= 11 is 0. The van der Waals surface area contributed by atoms with Crippen molar-refractivity contribution < 1.29 is 13.2 Å². The van der Waals surface area contributed by atoms with Crippen molar-refractivity contribution in [2.75, 3.05) is 4.72 Å². The van der Waals surface area contributed by atoms with Gasteiger partial charge in [-0.15, -0.1) is 0 Å². The summed E-state index contributed by atoms with van der Waals surface area (Å²) in [6.07, 6.45) is 3.11. The number of rotatable bonds is 4. The molecule has 1 N–H and O–H groups in total. The van der Waals surface area contributed by atoms with Crippen molar-refractivity contribution in [2.45, 2.75) is 11.8 Å². The van der Waals surface area contributed by atoms with E-state index in [1.807, 2.05) is 0 Å². The lowest BCUT2D eigenvalue weighted by molar-refractivity contribution is 0.101. The van der Waals surface area contributed by atoms with E-state index in [1.165, 1.54) is 31.2 Å². The van der Waals surface area contributed by atoms with Crippen LogP contribution >= 0.6 is 0 Å². The lowest BCUT2D eigenvalue weighted by Crippen LogP contribution is -2.13. The Morgan fingerprint density at radius 3 is 2.26 bits per heavy atom. The smallest absolute Gasteiger partial charge is 0.261 e. The second kappa shape index (κ2) is 5.77. The van der Waals surface area contributed by atoms with E-state index in [0.717, 1.165) is 0 Å². The first kappa shape index (κ1) is 15.1. The third kappa shape index (κ3) is 3.19. The zero-order valence-electron chi connectivity index (χ0n) is 12.2. The number of hydrogen-bond donors (Lipinski definition) is 1. The van der Waals surface area contributed by atoms with E-state index < -0.39 is 10.0 Å². The summed E-state index contributed by atoms with van der Waals surface area (Å²) in [6.45, 7) is 1.43. The van der Waals surface area contributed by atoms with Crippen LogP contribution in [0.25, 0.3) is 11.0 Å². The number of carbonyl (C=O) groups is 1. The number of carbonyl (C=O) groups excluding carboxylic acids is 1. The number of nitrogens with zero attached hydrogens (tertiary/aromatic N) is 2. The Labute approximate surface area is 133 Å². The molecule has 1 heterocycles. The molecular weight excluding hydrogens is 314 g/mol. The fraction of sp³-hybridized carbons (Fsp3) is 0.0625. The Morgan fingerprint density at radius 1 is 0.957 bits per heavy atom. The maximum absolute atomic E-state index is 12.4. The number of anilines is 1. The molecule has 23 heavy (non-hydrogen) atoms. The highest BCUT2D eigenvalue weighted by Gasteiger charge is 2.15. The normalized spacial score (nSPS) is 11.3. The standard InChI is InChI=1S/C16H13N3O3S/c1-11(20)12-2-5-14(6-3-12)23(21,22)19-13-4-7-15-16(10-13)18-9-8-17-15/h2-10,19H,1H3. The third-order valence-electron chi connectivity index (χ3n) is 3.29. The van der Waals surface area contributed by atoms with Gasteiger partial charge in [0.15, 0.2) is 5.78 Å². The average Bonchev–Trinajstić information content (AvgIpc) is 2.54. The summed E-state index contributed by atoms with van der Waals surface area (Å²) in [5, 5.41) is 0. The first-order chi connectivity index (χ1) is 11.0. The van der Waals surface area contributed by atoms with Crippen LogP contribution in [-0.2, 0) is 10.0 Å². The van der Waals surface area contributed by atoms with E-state index in [-0.39, 0.29) is 10.7 Å². The van der Waals surface area contributed by atoms with Crippen molar-refractivity contribution in [3.05, 3.63) is 60.4 Å². The monoisotopic (exact) mass is 327 g/mol. The highest BCUT2D eigenvalue weighted by atomic mass is 32.2. The van der Waals surface area contributed by atoms with E-state index in [0.29, 0.717) is 22.3 Å². The van der Waals surface area contributed by atoms with Crippen molar-refractivity contribution in [2.24, 2.45) is 0 Å². The fourth-order valence-electron chi connectivity index (χ4n) is 2.11. The van der Waals surface area contributed by atoms with Gasteiger partial charge in [-0.3, -0.25) is 19.5 Å². The molecule has 7 heteroatoms. The lowest BCUT2D eigenvalue weighted by Gasteiger charge is -2.09. The lowest BCUT2D eigenvalue weighted by atomic mass is 10.2. The van der Waals surface area contributed by atoms with E-state index >= 15 is 0 Å². The van der Waals surface area contributed by atoms with E-state index in [1.54, 1.807) is 30.6 Å². The van der Waals surface area contributed by atoms with E-state index in [4.69, 9.17) is 0 Å². The molecule has 1 aromatic heterocycles. The van der Waals surface area contributed by atoms with Gasteiger partial charge in [0, 0.05) is 18.0 Å². The molecule has 0 saturated heterocycles. The van der Waals surface area contributed by atoms with Crippen molar-refractivity contribution in [1.82, 2.24) is 9.97 Å². The first-order valence-corrected chi connectivity index (χ1v) is 8.29. The van der Waals surface area contributed by atoms with Crippen molar-refractivity contribution in [3.63, 3.8) is 0 Å². The molecule has 0 unspecified atom stereocenters. The van der Waals surface area contributed by atoms with Crippen LogP contribution in [-0.4, -0.2) is 24.2 Å². The van der Waals surface area contributed by atoms with E-state index in [9.17, 15) is 13.2 Å². The maximum atomic E-state index is 12.4. The van der Waals surface area contributed by atoms with Gasteiger partial charge in [0.1, 0.15) is 0 Å². The van der Waals surface area contributed by atoms with Gasteiger partial charge in [-0.2, -0.15) is 0 Å². The minimum absolute atomic E-state index is 0.0849. The van der Waals surface area contributed by atoms with Crippen molar-refractivity contribution in [1.29, 1.82) is 0 Å². The number of benzene rings is 2. The second-order valence-electron chi connectivity index (χ2n) is 4.95. The van der Waals surface area contributed by atoms with Crippen LogP contribution in [0.15, 0.2) is 59.8 Å². The van der Waals surface area contributed by atoms with Crippen LogP contribution < -0.4 is 4.72 Å². The zero-order valence-corrected chi connectivity index (χ0v) is 13.0. The highest BCUT2D eigenvalue weighted by molar-refractivity contribution is 7.92. The maximum Gasteiger partial charge on any atom is 0.261 e. The summed E-state index contributed by atoms with van der Waals surface area (Å²) in [4.78, 5) is 19.6. The molecule has 116 valence electrons. The van der Waals surface area contributed by atoms with Gasteiger partial charge in [0.25, 0.3) is 10.0 Å². The predicted molar refractivity (Wildman–Crippen MR) is 86.8 cm³/mol. The van der Waals surface area contributed by atoms with Crippen LogP contribution in [0.4, 0.5) is 5.69 Å². The summed E-state index contributed by atoms with van der Waals surface area (Å²) in [5.41, 5.74) is 2.14. The predicted octanol–water partition coefficient (Wildman–Crippen LogP) is 2.63. The molecule has 6 nitrogen and oxygen atoms in total. The molecule has 0 bridgehead atoms. The molecule has 0 amide bonds. The number of ketones is 1. The molecule has 0 aliphatic heterocycles. The summed E-state index contributed by atoms with van der Waals surface area (Å²) in [7, 11) is -3.73. The van der Waals surface area contributed by atoms with Crippen LogP contribution in [0.3, 0.4) is 0 Å². The number of aromatic nitrogens is 2. The molecule has 0 fully saturated rings. The Bertz CT molecular complexity index is 983. The van der Waals surface area contributed by atoms with Crippen molar-refractivity contribution in [3.8, 4) is 0 Å².